The maximum absolute atomic E-state index is 14.9. The van der Waals surface area contributed by atoms with Crippen LogP contribution >= 0.6 is 23.2 Å². The lowest BCUT2D eigenvalue weighted by Gasteiger charge is -2.10. The predicted molar refractivity (Wildman–Crippen MR) is 109 cm³/mol. The Kier molecular flexibility index (Phi) is 6.65. The lowest BCUT2D eigenvalue weighted by atomic mass is 10.1. The maximum Gasteiger partial charge on any atom is 0.254 e. The highest BCUT2D eigenvalue weighted by atomic mass is 35.5. The predicted octanol–water partition coefficient (Wildman–Crippen LogP) is 5.63. The Morgan fingerprint density at radius 1 is 1.17 bits per heavy atom. The fourth-order valence-corrected chi connectivity index (χ4v) is 2.97. The van der Waals surface area contributed by atoms with Gasteiger partial charge in [-0.1, -0.05) is 35.3 Å². The van der Waals surface area contributed by atoms with Crippen LogP contribution in [-0.4, -0.2) is 17.4 Å². The number of ether oxygens (including phenoxy) is 1. The molecule has 0 saturated carbocycles. The van der Waals surface area contributed by atoms with Crippen LogP contribution in [0, 0.1) is 17.1 Å². The number of carbonyl (C=O) groups is 1. The van der Waals surface area contributed by atoms with Crippen LogP contribution in [0.25, 0.3) is 11.3 Å². The molecule has 0 aliphatic rings. The van der Waals surface area contributed by atoms with Crippen molar-refractivity contribution in [3.8, 4) is 29.0 Å². The first kappa shape index (κ1) is 20.6. The zero-order chi connectivity index (χ0) is 20.8. The fraction of sp³-hybridized carbons (Fsp3) is 0.0952. The van der Waals surface area contributed by atoms with Gasteiger partial charge in [0.05, 0.1) is 28.8 Å². The summed E-state index contributed by atoms with van der Waals surface area (Å²) in [4.78, 5) is 16.5. The Morgan fingerprint density at radius 2 is 1.97 bits per heavy atom. The summed E-state index contributed by atoms with van der Waals surface area (Å²) in [6.45, 7) is 0.141. The third-order valence-corrected chi connectivity index (χ3v) is 4.40. The van der Waals surface area contributed by atoms with Crippen molar-refractivity contribution in [2.75, 3.05) is 6.54 Å². The molecule has 0 unspecified atom stereocenters. The molecule has 0 saturated heterocycles. The molecule has 8 heteroatoms. The topological polar surface area (TPSA) is 75.0 Å². The number of aromatic nitrogens is 1. The minimum Gasteiger partial charge on any atom is -0.437 e. The average molecular weight is 430 g/mol. The van der Waals surface area contributed by atoms with E-state index in [-0.39, 0.29) is 35.7 Å². The third kappa shape index (κ3) is 5.02. The van der Waals surface area contributed by atoms with Crippen molar-refractivity contribution < 1.29 is 13.9 Å². The molecule has 0 spiro atoms. The molecule has 1 N–H and O–H groups in total. The van der Waals surface area contributed by atoms with Crippen LogP contribution in [0.4, 0.5) is 4.39 Å². The highest BCUT2D eigenvalue weighted by Crippen LogP contribution is 2.32. The van der Waals surface area contributed by atoms with Crippen molar-refractivity contribution in [2.24, 2.45) is 0 Å². The van der Waals surface area contributed by atoms with E-state index in [0.717, 1.165) is 0 Å². The summed E-state index contributed by atoms with van der Waals surface area (Å²) in [5.74, 6) is -0.752. The van der Waals surface area contributed by atoms with Crippen LogP contribution in [0.3, 0.4) is 0 Å². The second kappa shape index (κ2) is 9.37. The van der Waals surface area contributed by atoms with E-state index in [2.05, 4.69) is 10.3 Å². The summed E-state index contributed by atoms with van der Waals surface area (Å²) >= 11 is 12.0. The van der Waals surface area contributed by atoms with Crippen LogP contribution in [0.5, 0.6) is 11.6 Å². The van der Waals surface area contributed by atoms with Gasteiger partial charge in [-0.3, -0.25) is 4.79 Å². The molecule has 0 radical (unpaired) electrons. The molecule has 1 heterocycles. The summed E-state index contributed by atoms with van der Waals surface area (Å²) in [7, 11) is 0. The Hall–Kier alpha value is -3.14. The van der Waals surface area contributed by atoms with Gasteiger partial charge in [0.2, 0.25) is 5.88 Å². The number of benzene rings is 2. The van der Waals surface area contributed by atoms with E-state index in [4.69, 9.17) is 33.2 Å². The average Bonchev–Trinajstić information content (AvgIpc) is 2.70. The van der Waals surface area contributed by atoms with Crippen LogP contribution in [-0.2, 0) is 0 Å². The normalized spacial score (nSPS) is 10.3. The second-order valence-corrected chi connectivity index (χ2v) is 6.71. The number of nitrogens with one attached hydrogen (secondary N) is 1. The Morgan fingerprint density at radius 3 is 2.72 bits per heavy atom. The molecule has 29 heavy (non-hydrogen) atoms. The van der Waals surface area contributed by atoms with Gasteiger partial charge >= 0.3 is 0 Å². The first-order chi connectivity index (χ1) is 14.0. The molecule has 0 aliphatic carbocycles. The smallest absolute Gasteiger partial charge is 0.254 e. The second-order valence-electron chi connectivity index (χ2n) is 5.87. The van der Waals surface area contributed by atoms with Crippen molar-refractivity contribution >= 4 is 29.1 Å². The van der Waals surface area contributed by atoms with Gasteiger partial charge in [-0.05, 0) is 36.4 Å². The Bertz CT molecular complexity index is 1100. The number of amides is 1. The minimum atomic E-state index is -0.712. The van der Waals surface area contributed by atoms with E-state index in [0.29, 0.717) is 15.8 Å². The van der Waals surface area contributed by atoms with Crippen LogP contribution in [0.1, 0.15) is 16.8 Å². The van der Waals surface area contributed by atoms with Crippen LogP contribution in [0.2, 0.25) is 10.0 Å². The summed E-state index contributed by atoms with van der Waals surface area (Å²) in [5.41, 5.74) is 0.302. The molecule has 0 atom stereocenters. The van der Waals surface area contributed by atoms with Crippen molar-refractivity contribution in [2.45, 2.75) is 6.42 Å². The number of rotatable bonds is 6. The summed E-state index contributed by atoms with van der Waals surface area (Å²) in [6.07, 6.45) is 0.140. The monoisotopic (exact) mass is 429 g/mol. The van der Waals surface area contributed by atoms with Crippen LogP contribution in [0.15, 0.2) is 54.6 Å². The lowest BCUT2D eigenvalue weighted by molar-refractivity contribution is 0.0950. The molecule has 0 aliphatic heterocycles. The van der Waals surface area contributed by atoms with Gasteiger partial charge in [-0.15, -0.1) is 0 Å². The highest BCUT2D eigenvalue weighted by molar-refractivity contribution is 6.35. The van der Waals surface area contributed by atoms with E-state index in [9.17, 15) is 9.18 Å². The first-order valence-electron chi connectivity index (χ1n) is 8.53. The number of carbonyl (C=O) groups excluding carboxylic acids is 1. The number of halogens is 3. The van der Waals surface area contributed by atoms with Gasteiger partial charge < -0.3 is 10.1 Å². The molecule has 2 aromatic carbocycles. The molecule has 1 aromatic heterocycles. The summed E-state index contributed by atoms with van der Waals surface area (Å²) in [5, 5.41) is 11.8. The highest BCUT2D eigenvalue weighted by Gasteiger charge is 2.17. The third-order valence-electron chi connectivity index (χ3n) is 3.87. The zero-order valence-electron chi connectivity index (χ0n) is 15.0. The molecule has 5 nitrogen and oxygen atoms in total. The quantitative estimate of drug-likeness (QED) is 0.515. The molecular weight excluding hydrogens is 416 g/mol. The standard InChI is InChI=1S/C21H14Cl2FN3O2/c22-13-8-9-18(16(23)12-13)29-19-7-2-6-17(27-19)14-4-1-5-15(20(14)24)21(28)26-11-3-10-25/h1-2,4-9,12H,3,11H2,(H,26,28). The van der Waals surface area contributed by atoms with E-state index < -0.39 is 11.7 Å². The van der Waals surface area contributed by atoms with Crippen molar-refractivity contribution in [3.63, 3.8) is 0 Å². The minimum absolute atomic E-state index is 0.130. The number of nitriles is 1. The first-order valence-corrected chi connectivity index (χ1v) is 9.29. The molecule has 0 fully saturated rings. The largest absolute Gasteiger partial charge is 0.437 e. The molecule has 3 rings (SSSR count). The van der Waals surface area contributed by atoms with Gasteiger partial charge in [0.15, 0.2) is 0 Å². The number of hydrogen-bond acceptors (Lipinski definition) is 4. The van der Waals surface area contributed by atoms with E-state index in [1.165, 1.54) is 18.2 Å². The number of nitrogens with zero attached hydrogens (tertiary/aromatic N) is 2. The molecule has 0 bridgehead atoms. The number of pyridine rings is 1. The summed E-state index contributed by atoms with van der Waals surface area (Å²) < 4.78 is 20.6. The van der Waals surface area contributed by atoms with E-state index >= 15 is 0 Å². The number of hydrogen-bond donors (Lipinski definition) is 1. The van der Waals surface area contributed by atoms with Crippen molar-refractivity contribution in [1.82, 2.24) is 10.3 Å². The Balaban J connectivity index is 1.88. The van der Waals surface area contributed by atoms with Gasteiger partial charge in [0.1, 0.15) is 11.6 Å². The lowest BCUT2D eigenvalue weighted by Crippen LogP contribution is -2.25. The molecule has 146 valence electrons. The molecule has 1 amide bonds. The van der Waals surface area contributed by atoms with Gasteiger partial charge in [0.25, 0.3) is 5.91 Å². The van der Waals surface area contributed by atoms with E-state index in [1.54, 1.807) is 36.4 Å². The van der Waals surface area contributed by atoms with Gasteiger partial charge in [-0.2, -0.15) is 5.26 Å². The van der Waals surface area contributed by atoms with E-state index in [1.807, 2.05) is 6.07 Å². The van der Waals surface area contributed by atoms with Crippen LogP contribution < -0.4 is 10.1 Å². The molecule has 3 aromatic rings. The Labute approximate surface area is 176 Å². The van der Waals surface area contributed by atoms with Gasteiger partial charge in [0, 0.05) is 23.2 Å². The van der Waals surface area contributed by atoms with Crippen molar-refractivity contribution in [1.29, 1.82) is 5.26 Å². The SMILES string of the molecule is N#CCCNC(=O)c1cccc(-c2cccc(Oc3ccc(Cl)cc3Cl)n2)c1F. The van der Waals surface area contributed by atoms with Gasteiger partial charge in [-0.25, -0.2) is 9.37 Å². The summed E-state index contributed by atoms with van der Waals surface area (Å²) in [6, 6.07) is 16.0. The molecular formula is C21H14Cl2FN3O2. The van der Waals surface area contributed by atoms with Crippen molar-refractivity contribution in [3.05, 3.63) is 76.0 Å². The fourth-order valence-electron chi connectivity index (χ4n) is 2.52. The zero-order valence-corrected chi connectivity index (χ0v) is 16.5. The maximum atomic E-state index is 14.9.